The van der Waals surface area contributed by atoms with Crippen molar-refractivity contribution in [3.8, 4) is 0 Å². The average Bonchev–Trinajstić information content (AvgIpc) is 2.44. The van der Waals surface area contributed by atoms with Crippen LogP contribution in [0, 0.1) is 23.2 Å². The van der Waals surface area contributed by atoms with E-state index < -0.39 is 0 Å². The normalized spacial score (nSPS) is 36.7. The number of hydrogen-bond acceptors (Lipinski definition) is 4. The zero-order valence-electron chi connectivity index (χ0n) is 12.2. The van der Waals surface area contributed by atoms with Crippen molar-refractivity contribution >= 4 is 11.7 Å². The van der Waals surface area contributed by atoms with E-state index in [1.807, 2.05) is 0 Å². The van der Waals surface area contributed by atoms with Gasteiger partial charge in [0.15, 0.2) is 11.5 Å². The van der Waals surface area contributed by atoms with Gasteiger partial charge in [0, 0.05) is 18.9 Å². The van der Waals surface area contributed by atoms with Crippen LogP contribution in [0.25, 0.3) is 0 Å². The second-order valence-electron chi connectivity index (χ2n) is 7.39. The molecule has 1 amide bonds. The first kappa shape index (κ1) is 13.0. The lowest BCUT2D eigenvalue weighted by Crippen LogP contribution is -2.51. The number of carbonyl (C=O) groups excluding carboxylic acids is 1. The summed E-state index contributed by atoms with van der Waals surface area (Å²) < 4.78 is 0. The summed E-state index contributed by atoms with van der Waals surface area (Å²) in [5.41, 5.74) is 6.31. The molecule has 0 atom stereocenters. The van der Waals surface area contributed by atoms with Crippen LogP contribution < -0.4 is 11.1 Å². The summed E-state index contributed by atoms with van der Waals surface area (Å²) in [6, 6.07) is 0. The zero-order chi connectivity index (χ0) is 14.4. The molecule has 1 aromatic rings. The molecule has 4 aliphatic rings. The van der Waals surface area contributed by atoms with Gasteiger partial charge in [-0.3, -0.25) is 4.79 Å². The molecular formula is C16H22N4O. The Kier molecular flexibility index (Phi) is 2.91. The highest BCUT2D eigenvalue weighted by atomic mass is 16.1. The molecule has 0 radical (unpaired) electrons. The smallest absolute Gasteiger partial charge is 0.273 e. The molecule has 5 nitrogen and oxygen atoms in total. The molecule has 4 fully saturated rings. The fourth-order valence-electron chi connectivity index (χ4n) is 5.38. The molecular weight excluding hydrogens is 264 g/mol. The monoisotopic (exact) mass is 286 g/mol. The average molecular weight is 286 g/mol. The number of nitrogens with two attached hydrogens (primary N) is 1. The first-order valence-corrected chi connectivity index (χ1v) is 7.98. The molecule has 4 saturated carbocycles. The Bertz CT molecular complexity index is 536. The number of nitrogens with one attached hydrogen (secondary N) is 1. The number of carbonyl (C=O) groups is 1. The number of hydrogen-bond donors (Lipinski definition) is 2. The number of aromatic nitrogens is 2. The summed E-state index contributed by atoms with van der Waals surface area (Å²) in [4.78, 5) is 20.2. The summed E-state index contributed by atoms with van der Waals surface area (Å²) >= 11 is 0. The molecule has 5 heteroatoms. The Morgan fingerprint density at radius 1 is 1.14 bits per heavy atom. The van der Waals surface area contributed by atoms with Crippen molar-refractivity contribution in [3.05, 3.63) is 18.1 Å². The summed E-state index contributed by atoms with van der Waals surface area (Å²) in [6.07, 6.45) is 11.1. The Balaban J connectivity index is 1.45. The van der Waals surface area contributed by atoms with Crippen LogP contribution in [0.1, 0.15) is 49.0 Å². The third-order valence-electron chi connectivity index (χ3n) is 5.73. The molecule has 112 valence electrons. The maximum absolute atomic E-state index is 12.3. The quantitative estimate of drug-likeness (QED) is 0.890. The van der Waals surface area contributed by atoms with Crippen molar-refractivity contribution in [2.24, 2.45) is 23.2 Å². The van der Waals surface area contributed by atoms with Gasteiger partial charge >= 0.3 is 0 Å². The van der Waals surface area contributed by atoms with Gasteiger partial charge in [-0.05, 0) is 61.7 Å². The topological polar surface area (TPSA) is 80.9 Å². The maximum atomic E-state index is 12.3. The second kappa shape index (κ2) is 4.68. The van der Waals surface area contributed by atoms with Crippen LogP contribution in [0.4, 0.5) is 5.82 Å². The lowest BCUT2D eigenvalue weighted by molar-refractivity contribution is -0.0503. The van der Waals surface area contributed by atoms with E-state index >= 15 is 0 Å². The highest BCUT2D eigenvalue weighted by Crippen LogP contribution is 2.59. The minimum atomic E-state index is -0.184. The van der Waals surface area contributed by atoms with Crippen LogP contribution in [0.5, 0.6) is 0 Å². The van der Waals surface area contributed by atoms with Gasteiger partial charge in [0.1, 0.15) is 0 Å². The van der Waals surface area contributed by atoms with E-state index in [-0.39, 0.29) is 17.4 Å². The van der Waals surface area contributed by atoms with Gasteiger partial charge in [-0.1, -0.05) is 0 Å². The van der Waals surface area contributed by atoms with Gasteiger partial charge in [-0.15, -0.1) is 0 Å². The van der Waals surface area contributed by atoms with Crippen molar-refractivity contribution in [1.29, 1.82) is 0 Å². The van der Waals surface area contributed by atoms with Crippen LogP contribution in [0.15, 0.2) is 12.4 Å². The van der Waals surface area contributed by atoms with Crippen molar-refractivity contribution in [2.45, 2.75) is 38.5 Å². The molecule has 21 heavy (non-hydrogen) atoms. The van der Waals surface area contributed by atoms with Crippen molar-refractivity contribution in [1.82, 2.24) is 15.3 Å². The fraction of sp³-hybridized carbons (Fsp3) is 0.688. The Morgan fingerprint density at radius 2 is 1.71 bits per heavy atom. The molecule has 0 spiro atoms. The SMILES string of the molecule is Nc1nccnc1C(=O)NCC12CC3CC(CC(C3)C1)C2. The van der Waals surface area contributed by atoms with E-state index in [1.54, 1.807) is 0 Å². The van der Waals surface area contributed by atoms with Crippen LogP contribution in [0.3, 0.4) is 0 Å². The number of amides is 1. The van der Waals surface area contributed by atoms with Crippen LogP contribution in [-0.4, -0.2) is 22.4 Å². The van der Waals surface area contributed by atoms with Crippen LogP contribution in [0.2, 0.25) is 0 Å². The first-order valence-electron chi connectivity index (χ1n) is 7.98. The van der Waals surface area contributed by atoms with E-state index in [2.05, 4.69) is 15.3 Å². The predicted octanol–water partition coefficient (Wildman–Crippen LogP) is 2.00. The fourth-order valence-corrected chi connectivity index (χ4v) is 5.38. The largest absolute Gasteiger partial charge is 0.382 e. The summed E-state index contributed by atoms with van der Waals surface area (Å²) in [6.45, 7) is 0.769. The Labute approximate surface area is 124 Å². The number of rotatable bonds is 3. The van der Waals surface area contributed by atoms with E-state index in [0.29, 0.717) is 5.41 Å². The number of anilines is 1. The van der Waals surface area contributed by atoms with Crippen LogP contribution >= 0.6 is 0 Å². The Morgan fingerprint density at radius 3 is 2.29 bits per heavy atom. The zero-order valence-corrected chi connectivity index (χ0v) is 12.2. The molecule has 5 rings (SSSR count). The van der Waals surface area contributed by atoms with Gasteiger partial charge < -0.3 is 11.1 Å². The molecule has 0 saturated heterocycles. The molecule has 4 bridgehead atoms. The van der Waals surface area contributed by atoms with Crippen molar-refractivity contribution < 1.29 is 4.79 Å². The van der Waals surface area contributed by atoms with Gasteiger partial charge in [0.2, 0.25) is 0 Å². The summed E-state index contributed by atoms with van der Waals surface area (Å²) in [7, 11) is 0. The molecule has 1 heterocycles. The lowest BCUT2D eigenvalue weighted by Gasteiger charge is -2.56. The van der Waals surface area contributed by atoms with E-state index in [1.165, 1.54) is 50.9 Å². The third kappa shape index (κ3) is 2.28. The standard InChI is InChI=1S/C16H22N4O/c17-14-13(18-1-2-19-14)15(21)20-9-16-6-10-3-11(7-16)5-12(4-10)8-16/h1-2,10-12H,3-9H2,(H2,17,19)(H,20,21). The van der Waals surface area contributed by atoms with Crippen molar-refractivity contribution in [3.63, 3.8) is 0 Å². The highest BCUT2D eigenvalue weighted by molar-refractivity contribution is 5.96. The van der Waals surface area contributed by atoms with Gasteiger partial charge in [-0.2, -0.15) is 0 Å². The number of nitrogens with zero attached hydrogens (tertiary/aromatic N) is 2. The molecule has 0 unspecified atom stereocenters. The maximum Gasteiger partial charge on any atom is 0.273 e. The van der Waals surface area contributed by atoms with Crippen LogP contribution in [-0.2, 0) is 0 Å². The van der Waals surface area contributed by atoms with E-state index in [0.717, 1.165) is 24.3 Å². The Hall–Kier alpha value is -1.65. The molecule has 0 aromatic carbocycles. The minimum absolute atomic E-state index is 0.184. The van der Waals surface area contributed by atoms with Gasteiger partial charge in [0.25, 0.3) is 5.91 Å². The minimum Gasteiger partial charge on any atom is -0.382 e. The summed E-state index contributed by atoms with van der Waals surface area (Å²) in [5, 5.41) is 3.08. The third-order valence-corrected chi connectivity index (χ3v) is 5.73. The second-order valence-corrected chi connectivity index (χ2v) is 7.39. The molecule has 3 N–H and O–H groups in total. The van der Waals surface area contributed by atoms with Gasteiger partial charge in [0.05, 0.1) is 0 Å². The van der Waals surface area contributed by atoms with Gasteiger partial charge in [-0.25, -0.2) is 9.97 Å². The lowest BCUT2D eigenvalue weighted by atomic mass is 9.49. The highest BCUT2D eigenvalue weighted by Gasteiger charge is 2.50. The van der Waals surface area contributed by atoms with E-state index in [4.69, 9.17) is 5.73 Å². The molecule has 1 aromatic heterocycles. The molecule has 4 aliphatic carbocycles. The van der Waals surface area contributed by atoms with Crippen molar-refractivity contribution in [2.75, 3.05) is 12.3 Å². The van der Waals surface area contributed by atoms with E-state index in [9.17, 15) is 4.79 Å². The first-order chi connectivity index (χ1) is 10.1. The number of nitrogen functional groups attached to an aromatic ring is 1. The molecule has 0 aliphatic heterocycles. The summed E-state index contributed by atoms with van der Waals surface area (Å²) in [5.74, 6) is 2.72. The predicted molar refractivity (Wildman–Crippen MR) is 79.4 cm³/mol.